The minimum atomic E-state index is 0.348. The minimum Gasteiger partial charge on any atom is -0.0996 e. The monoisotopic (exact) mass is 318 g/mol. The van der Waals surface area contributed by atoms with Crippen LogP contribution in [0, 0.1) is 28.6 Å². The lowest BCUT2D eigenvalue weighted by molar-refractivity contribution is -0.00154. The van der Waals surface area contributed by atoms with Crippen LogP contribution in [-0.2, 0) is 0 Å². The maximum absolute atomic E-state index is 4.41. The van der Waals surface area contributed by atoms with Crippen LogP contribution in [-0.4, -0.2) is 0 Å². The Labute approximate surface area is 146 Å². The van der Waals surface area contributed by atoms with Crippen molar-refractivity contribution in [1.82, 2.24) is 0 Å². The first-order valence-electron chi connectivity index (χ1n) is 10.2. The third-order valence-corrected chi connectivity index (χ3v) is 7.08. The van der Waals surface area contributed by atoms with E-state index in [1.54, 1.807) is 0 Å². The van der Waals surface area contributed by atoms with Crippen molar-refractivity contribution in [3.8, 4) is 0 Å². The fraction of sp³-hybridized carbons (Fsp3) is 0.826. The molecule has 0 aromatic rings. The molecule has 23 heavy (non-hydrogen) atoms. The second-order valence-corrected chi connectivity index (χ2v) is 8.27. The predicted octanol–water partition coefficient (Wildman–Crippen LogP) is 7.80. The lowest BCUT2D eigenvalue weighted by Crippen LogP contribution is -2.45. The maximum Gasteiger partial charge on any atom is -0.00908 e. The fourth-order valence-electron chi connectivity index (χ4n) is 5.39. The van der Waals surface area contributed by atoms with E-state index < -0.39 is 0 Å². The normalized spacial score (nSPS) is 35.0. The predicted molar refractivity (Wildman–Crippen MR) is 106 cm³/mol. The van der Waals surface area contributed by atoms with Crippen molar-refractivity contribution in [2.45, 2.75) is 93.4 Å². The van der Waals surface area contributed by atoms with Crippen molar-refractivity contribution < 1.29 is 0 Å². The number of allylic oxidation sites excluding steroid dienone is 3. The quantitative estimate of drug-likeness (QED) is 0.438. The van der Waals surface area contributed by atoms with Gasteiger partial charge in [0.05, 0.1) is 0 Å². The summed E-state index contributed by atoms with van der Waals surface area (Å²) in [4.78, 5) is 0. The van der Waals surface area contributed by atoms with Crippen molar-refractivity contribution in [2.24, 2.45) is 28.6 Å². The van der Waals surface area contributed by atoms with Crippen molar-refractivity contribution in [3.63, 3.8) is 0 Å². The second-order valence-electron chi connectivity index (χ2n) is 8.27. The molecule has 0 heteroatoms. The van der Waals surface area contributed by atoms with Gasteiger partial charge in [-0.25, -0.2) is 0 Å². The van der Waals surface area contributed by atoms with E-state index in [9.17, 15) is 0 Å². The zero-order valence-electron chi connectivity index (χ0n) is 17.0. The van der Waals surface area contributed by atoms with Gasteiger partial charge >= 0.3 is 0 Å². The summed E-state index contributed by atoms with van der Waals surface area (Å²) in [6.45, 7) is 20.4. The van der Waals surface area contributed by atoms with Gasteiger partial charge in [-0.3, -0.25) is 0 Å². The van der Waals surface area contributed by atoms with E-state index in [0.29, 0.717) is 10.8 Å². The summed E-state index contributed by atoms with van der Waals surface area (Å²) in [6, 6.07) is 0. The summed E-state index contributed by atoms with van der Waals surface area (Å²) in [5.74, 6) is 2.59. The first kappa shape index (κ1) is 20.5. The molecule has 2 aliphatic rings. The Bertz CT molecular complexity index is 404. The lowest BCUT2D eigenvalue weighted by Gasteiger charge is -2.53. The van der Waals surface area contributed by atoms with Gasteiger partial charge in [-0.15, -0.1) is 0 Å². The zero-order chi connectivity index (χ0) is 17.7. The summed E-state index contributed by atoms with van der Waals surface area (Å²) in [6.07, 6.45) is 14.4. The van der Waals surface area contributed by atoms with Crippen LogP contribution in [0.2, 0.25) is 0 Å². The highest BCUT2D eigenvalue weighted by atomic mass is 14.5. The van der Waals surface area contributed by atoms with E-state index in [1.807, 2.05) is 13.8 Å². The third-order valence-electron chi connectivity index (χ3n) is 7.08. The van der Waals surface area contributed by atoms with E-state index in [2.05, 4.69) is 53.3 Å². The average molecular weight is 319 g/mol. The molecule has 0 nitrogen and oxygen atoms in total. The van der Waals surface area contributed by atoms with Crippen LogP contribution in [0.4, 0.5) is 0 Å². The van der Waals surface area contributed by atoms with Gasteiger partial charge in [-0.05, 0) is 61.2 Å². The molecule has 0 saturated heterocycles. The molecule has 0 aromatic heterocycles. The van der Waals surface area contributed by atoms with Crippen molar-refractivity contribution in [2.75, 3.05) is 0 Å². The van der Waals surface area contributed by atoms with Crippen LogP contribution >= 0.6 is 0 Å². The van der Waals surface area contributed by atoms with Crippen LogP contribution in [0.25, 0.3) is 0 Å². The molecule has 0 amide bonds. The molecule has 5 unspecified atom stereocenters. The molecule has 1 fully saturated rings. The summed E-state index contributed by atoms with van der Waals surface area (Å²) in [7, 11) is 0. The van der Waals surface area contributed by atoms with Gasteiger partial charge in [0.25, 0.3) is 0 Å². The van der Waals surface area contributed by atoms with Gasteiger partial charge in [-0.2, -0.15) is 0 Å². The van der Waals surface area contributed by atoms with E-state index in [4.69, 9.17) is 0 Å². The molecule has 5 atom stereocenters. The number of unbranched alkanes of at least 4 members (excludes halogenated alkanes) is 1. The van der Waals surface area contributed by atoms with E-state index in [0.717, 1.165) is 17.8 Å². The van der Waals surface area contributed by atoms with Crippen LogP contribution in [0.5, 0.6) is 0 Å². The molecule has 0 aliphatic heterocycles. The molecular weight excluding hydrogens is 276 g/mol. The van der Waals surface area contributed by atoms with Crippen LogP contribution in [0.3, 0.4) is 0 Å². The van der Waals surface area contributed by atoms with Crippen molar-refractivity contribution in [3.05, 3.63) is 24.3 Å². The Hall–Kier alpha value is -0.520. The summed E-state index contributed by atoms with van der Waals surface area (Å²) >= 11 is 0. The molecule has 0 radical (unpaired) electrons. The second kappa shape index (κ2) is 8.54. The molecule has 134 valence electrons. The largest absolute Gasteiger partial charge is 0.0996 e. The summed E-state index contributed by atoms with van der Waals surface area (Å²) in [5.41, 5.74) is 2.26. The van der Waals surface area contributed by atoms with E-state index >= 15 is 0 Å². The fourth-order valence-corrected chi connectivity index (χ4v) is 5.39. The molecule has 2 aliphatic carbocycles. The Kier molecular flexibility index (Phi) is 7.62. The van der Waals surface area contributed by atoms with Crippen molar-refractivity contribution in [1.29, 1.82) is 0 Å². The summed E-state index contributed by atoms with van der Waals surface area (Å²) < 4.78 is 0. The van der Waals surface area contributed by atoms with Gasteiger partial charge in [0.15, 0.2) is 0 Å². The molecule has 0 spiro atoms. The first-order chi connectivity index (χ1) is 10.9. The molecule has 2 rings (SSSR count). The van der Waals surface area contributed by atoms with Gasteiger partial charge < -0.3 is 0 Å². The minimum absolute atomic E-state index is 0.348. The Morgan fingerprint density at radius 2 is 1.96 bits per heavy atom. The van der Waals surface area contributed by atoms with Gasteiger partial charge in [-0.1, -0.05) is 85.1 Å². The molecular formula is C23H42. The van der Waals surface area contributed by atoms with Crippen molar-refractivity contribution >= 4 is 0 Å². The Morgan fingerprint density at radius 1 is 1.30 bits per heavy atom. The van der Waals surface area contributed by atoms with Gasteiger partial charge in [0.1, 0.15) is 0 Å². The number of rotatable bonds is 6. The SMILES string of the molecule is C=C(C)C(C)(CCCC)C1CCC2(C)C=CCC2C1CC.CC. The van der Waals surface area contributed by atoms with Gasteiger partial charge in [0.2, 0.25) is 0 Å². The first-order valence-corrected chi connectivity index (χ1v) is 10.2. The number of hydrogen-bond acceptors (Lipinski definition) is 0. The smallest absolute Gasteiger partial charge is 0.00908 e. The topological polar surface area (TPSA) is 0 Å². The highest BCUT2D eigenvalue weighted by molar-refractivity contribution is 5.17. The van der Waals surface area contributed by atoms with Crippen LogP contribution in [0.15, 0.2) is 24.3 Å². The third kappa shape index (κ3) is 3.94. The Morgan fingerprint density at radius 3 is 2.48 bits per heavy atom. The number of hydrogen-bond donors (Lipinski definition) is 0. The van der Waals surface area contributed by atoms with E-state index in [1.165, 1.54) is 50.5 Å². The van der Waals surface area contributed by atoms with E-state index in [-0.39, 0.29) is 0 Å². The molecule has 0 heterocycles. The average Bonchev–Trinajstić information content (AvgIpc) is 2.94. The van der Waals surface area contributed by atoms with Gasteiger partial charge in [0, 0.05) is 0 Å². The molecule has 1 saturated carbocycles. The zero-order valence-corrected chi connectivity index (χ0v) is 17.0. The molecule has 0 bridgehead atoms. The highest BCUT2D eigenvalue weighted by Gasteiger charge is 2.50. The highest BCUT2D eigenvalue weighted by Crippen LogP contribution is 2.59. The maximum atomic E-state index is 4.41. The number of fused-ring (bicyclic) bond motifs is 1. The van der Waals surface area contributed by atoms with Crippen LogP contribution < -0.4 is 0 Å². The molecule has 0 N–H and O–H groups in total. The summed E-state index contributed by atoms with van der Waals surface area (Å²) in [5, 5.41) is 0. The Balaban J connectivity index is 0.00000127. The lowest BCUT2D eigenvalue weighted by atomic mass is 9.52. The standard InChI is InChI=1S/C21H36.C2H6/c1-7-9-14-21(6,16(3)4)19-12-15-20(5)13-10-11-18(20)17(19)8-2;1-2/h10,13,17-19H,3,7-9,11-12,14-15H2,1-2,4-6H3;1-2H3. The van der Waals surface area contributed by atoms with Crippen LogP contribution in [0.1, 0.15) is 93.4 Å². The molecule has 0 aromatic carbocycles.